The van der Waals surface area contributed by atoms with Crippen molar-refractivity contribution in [1.29, 1.82) is 0 Å². The second kappa shape index (κ2) is 3.18. The van der Waals surface area contributed by atoms with Crippen LogP contribution < -0.4 is 10.1 Å². The SMILES string of the molecule is CC=C1Oc2ccccc2NC1=S. The van der Waals surface area contributed by atoms with E-state index >= 15 is 0 Å². The summed E-state index contributed by atoms with van der Waals surface area (Å²) in [5, 5.41) is 3.10. The molecule has 0 radical (unpaired) electrons. The molecule has 0 spiro atoms. The van der Waals surface area contributed by atoms with Crippen LogP contribution in [0.25, 0.3) is 0 Å². The van der Waals surface area contributed by atoms with Crippen LogP contribution in [0, 0.1) is 0 Å². The van der Waals surface area contributed by atoms with Crippen LogP contribution in [-0.4, -0.2) is 4.99 Å². The van der Waals surface area contributed by atoms with Crippen molar-refractivity contribution in [2.24, 2.45) is 0 Å². The highest BCUT2D eigenvalue weighted by Crippen LogP contribution is 2.30. The number of hydrogen-bond donors (Lipinski definition) is 1. The Bertz CT molecular complexity index is 384. The van der Waals surface area contributed by atoms with Gasteiger partial charge in [-0.2, -0.15) is 0 Å². The molecule has 0 atom stereocenters. The molecular formula is C10H9NOS. The van der Waals surface area contributed by atoms with Gasteiger partial charge in [0.2, 0.25) is 0 Å². The van der Waals surface area contributed by atoms with E-state index in [0.717, 1.165) is 11.4 Å². The summed E-state index contributed by atoms with van der Waals surface area (Å²) >= 11 is 5.10. The van der Waals surface area contributed by atoms with Crippen LogP contribution in [0.5, 0.6) is 5.75 Å². The molecule has 66 valence electrons. The molecule has 1 N–H and O–H groups in total. The fourth-order valence-corrected chi connectivity index (χ4v) is 1.47. The first-order valence-corrected chi connectivity index (χ1v) is 4.46. The Hall–Kier alpha value is -1.35. The van der Waals surface area contributed by atoms with Gasteiger partial charge in [0.05, 0.1) is 5.69 Å². The van der Waals surface area contributed by atoms with E-state index in [4.69, 9.17) is 17.0 Å². The molecule has 2 rings (SSSR count). The maximum atomic E-state index is 5.55. The van der Waals surface area contributed by atoms with Crippen molar-refractivity contribution < 1.29 is 4.74 Å². The lowest BCUT2D eigenvalue weighted by Crippen LogP contribution is -2.21. The maximum Gasteiger partial charge on any atom is 0.157 e. The summed E-state index contributed by atoms with van der Waals surface area (Å²) in [6.07, 6.45) is 1.85. The molecule has 1 aromatic rings. The Morgan fingerprint density at radius 2 is 2.15 bits per heavy atom. The number of nitrogens with one attached hydrogen (secondary N) is 1. The summed E-state index contributed by atoms with van der Waals surface area (Å²) < 4.78 is 5.55. The Morgan fingerprint density at radius 3 is 2.92 bits per heavy atom. The fraction of sp³-hybridized carbons (Fsp3) is 0.100. The molecule has 1 aliphatic rings. The molecule has 0 aromatic heterocycles. The van der Waals surface area contributed by atoms with Gasteiger partial charge in [-0.3, -0.25) is 0 Å². The third-order valence-electron chi connectivity index (χ3n) is 1.84. The predicted molar refractivity (Wildman–Crippen MR) is 57.0 cm³/mol. The summed E-state index contributed by atoms with van der Waals surface area (Å²) in [5.74, 6) is 1.54. The third-order valence-corrected chi connectivity index (χ3v) is 2.14. The topological polar surface area (TPSA) is 21.3 Å². The summed E-state index contributed by atoms with van der Waals surface area (Å²) in [6.45, 7) is 1.90. The van der Waals surface area contributed by atoms with Crippen molar-refractivity contribution in [3.63, 3.8) is 0 Å². The zero-order valence-corrected chi connectivity index (χ0v) is 8.02. The summed E-state index contributed by atoms with van der Waals surface area (Å²) in [4.78, 5) is 0.640. The lowest BCUT2D eigenvalue weighted by atomic mass is 10.2. The smallest absolute Gasteiger partial charge is 0.157 e. The molecule has 1 aliphatic heterocycles. The predicted octanol–water partition coefficient (Wildman–Crippen LogP) is 2.72. The van der Waals surface area contributed by atoms with E-state index in [1.165, 1.54) is 0 Å². The van der Waals surface area contributed by atoms with E-state index in [1.807, 2.05) is 37.3 Å². The maximum absolute atomic E-state index is 5.55. The summed E-state index contributed by atoms with van der Waals surface area (Å²) in [6, 6.07) is 7.72. The number of benzene rings is 1. The second-order valence-electron chi connectivity index (χ2n) is 2.71. The molecule has 0 aliphatic carbocycles. The van der Waals surface area contributed by atoms with Crippen LogP contribution in [0.15, 0.2) is 36.1 Å². The van der Waals surface area contributed by atoms with E-state index in [9.17, 15) is 0 Å². The van der Waals surface area contributed by atoms with E-state index in [-0.39, 0.29) is 0 Å². The minimum atomic E-state index is 0.640. The van der Waals surface area contributed by atoms with Crippen molar-refractivity contribution in [2.75, 3.05) is 5.32 Å². The van der Waals surface area contributed by atoms with E-state index < -0.39 is 0 Å². The van der Waals surface area contributed by atoms with Gasteiger partial charge in [-0.05, 0) is 25.1 Å². The molecule has 1 heterocycles. The highest BCUT2D eigenvalue weighted by Gasteiger charge is 2.16. The summed E-state index contributed by atoms with van der Waals surface area (Å²) in [5.41, 5.74) is 0.929. The Labute approximate surface area is 82.2 Å². The first-order valence-electron chi connectivity index (χ1n) is 4.06. The average Bonchev–Trinajstić information content (AvgIpc) is 2.17. The molecule has 0 amide bonds. The molecule has 0 fully saturated rings. The van der Waals surface area contributed by atoms with Crippen molar-refractivity contribution in [3.05, 3.63) is 36.1 Å². The zero-order valence-electron chi connectivity index (χ0n) is 7.20. The number of anilines is 1. The van der Waals surface area contributed by atoms with Gasteiger partial charge in [0.15, 0.2) is 11.5 Å². The lowest BCUT2D eigenvalue weighted by Gasteiger charge is -2.21. The lowest BCUT2D eigenvalue weighted by molar-refractivity contribution is 0.451. The van der Waals surface area contributed by atoms with Crippen LogP contribution >= 0.6 is 12.2 Å². The Morgan fingerprint density at radius 1 is 1.38 bits per heavy atom. The monoisotopic (exact) mass is 191 g/mol. The first kappa shape index (κ1) is 8.26. The molecule has 1 aromatic carbocycles. The number of hydrogen-bond acceptors (Lipinski definition) is 2. The second-order valence-corrected chi connectivity index (χ2v) is 3.11. The minimum Gasteiger partial charge on any atom is -0.452 e. The van der Waals surface area contributed by atoms with Gasteiger partial charge in [0.25, 0.3) is 0 Å². The number of para-hydroxylation sites is 2. The van der Waals surface area contributed by atoms with Gasteiger partial charge in [-0.25, -0.2) is 0 Å². The Kier molecular flexibility index (Phi) is 2.02. The normalized spacial score (nSPS) is 17.6. The van der Waals surface area contributed by atoms with Gasteiger partial charge in [-0.1, -0.05) is 24.4 Å². The van der Waals surface area contributed by atoms with Crippen LogP contribution in [0.1, 0.15) is 6.92 Å². The molecule has 13 heavy (non-hydrogen) atoms. The van der Waals surface area contributed by atoms with Crippen molar-refractivity contribution in [3.8, 4) is 5.75 Å². The molecule has 0 bridgehead atoms. The van der Waals surface area contributed by atoms with Gasteiger partial charge in [-0.15, -0.1) is 0 Å². The first-order chi connectivity index (χ1) is 6.31. The number of rotatable bonds is 0. The molecule has 3 heteroatoms. The molecular weight excluding hydrogens is 182 g/mol. The van der Waals surface area contributed by atoms with Crippen molar-refractivity contribution in [1.82, 2.24) is 0 Å². The van der Waals surface area contributed by atoms with E-state index in [0.29, 0.717) is 10.7 Å². The largest absolute Gasteiger partial charge is 0.452 e. The van der Waals surface area contributed by atoms with Crippen molar-refractivity contribution in [2.45, 2.75) is 6.92 Å². The highest BCUT2D eigenvalue weighted by atomic mass is 32.1. The van der Waals surface area contributed by atoms with Gasteiger partial charge in [0.1, 0.15) is 4.99 Å². The van der Waals surface area contributed by atoms with Crippen LogP contribution in [0.3, 0.4) is 0 Å². The van der Waals surface area contributed by atoms with Crippen molar-refractivity contribution >= 4 is 22.9 Å². The van der Waals surface area contributed by atoms with Crippen LogP contribution in [0.4, 0.5) is 5.69 Å². The third kappa shape index (κ3) is 1.42. The quantitative estimate of drug-likeness (QED) is 0.503. The Balaban J connectivity index is 2.44. The van der Waals surface area contributed by atoms with E-state index in [2.05, 4.69) is 5.32 Å². The number of ether oxygens (including phenoxy) is 1. The van der Waals surface area contributed by atoms with Gasteiger partial charge in [0, 0.05) is 0 Å². The zero-order chi connectivity index (χ0) is 9.26. The molecule has 0 unspecified atom stereocenters. The van der Waals surface area contributed by atoms with Gasteiger partial charge < -0.3 is 10.1 Å². The summed E-state index contributed by atoms with van der Waals surface area (Å²) in [7, 11) is 0. The number of fused-ring (bicyclic) bond motifs is 1. The minimum absolute atomic E-state index is 0.640. The fourth-order valence-electron chi connectivity index (χ4n) is 1.20. The number of thiocarbonyl (C=S) groups is 1. The van der Waals surface area contributed by atoms with Gasteiger partial charge >= 0.3 is 0 Å². The standard InChI is InChI=1S/C10H9NOS/c1-2-8-10(13)11-7-5-3-4-6-9(7)12-8/h2-6H,1H3,(H,11,13). The molecule has 0 saturated heterocycles. The molecule has 0 saturated carbocycles. The van der Waals surface area contributed by atoms with Crippen LogP contribution in [-0.2, 0) is 0 Å². The highest BCUT2D eigenvalue weighted by molar-refractivity contribution is 7.81. The van der Waals surface area contributed by atoms with E-state index in [1.54, 1.807) is 0 Å². The molecule has 2 nitrogen and oxygen atoms in total. The number of allylic oxidation sites excluding steroid dienone is 1. The van der Waals surface area contributed by atoms with Crippen LogP contribution in [0.2, 0.25) is 0 Å². The average molecular weight is 191 g/mol.